The average molecular weight is 226 g/mol. The number of rotatable bonds is 2. The molecule has 3 N–H and O–H groups in total. The van der Waals surface area contributed by atoms with Crippen LogP contribution >= 0.6 is 0 Å². The average Bonchev–Trinajstić information content (AvgIpc) is 2.89. The SMILES string of the molecule is c1ccc2c(NNC3=NCCN3)cccc2c1. The summed E-state index contributed by atoms with van der Waals surface area (Å²) in [6, 6.07) is 14.5. The number of aliphatic imine (C=N–C) groups is 1. The topological polar surface area (TPSA) is 48.5 Å². The van der Waals surface area contributed by atoms with Gasteiger partial charge in [-0.1, -0.05) is 36.4 Å². The van der Waals surface area contributed by atoms with Gasteiger partial charge in [0.15, 0.2) is 0 Å². The van der Waals surface area contributed by atoms with Crippen LogP contribution in [0.3, 0.4) is 0 Å². The molecule has 2 aromatic carbocycles. The minimum absolute atomic E-state index is 0.804. The van der Waals surface area contributed by atoms with E-state index in [4.69, 9.17) is 0 Å². The quantitative estimate of drug-likeness (QED) is 0.683. The van der Waals surface area contributed by atoms with Gasteiger partial charge in [-0.25, -0.2) is 0 Å². The standard InChI is InChI=1S/C13H14N4/c1-2-6-11-10(4-1)5-3-7-12(11)16-17-13-14-8-9-15-13/h1-7,16H,8-9H2,(H2,14,15,17). The third-order valence-electron chi connectivity index (χ3n) is 2.78. The first-order valence-electron chi connectivity index (χ1n) is 5.71. The van der Waals surface area contributed by atoms with Crippen molar-refractivity contribution in [2.24, 2.45) is 4.99 Å². The van der Waals surface area contributed by atoms with E-state index >= 15 is 0 Å². The Labute approximate surface area is 99.7 Å². The predicted molar refractivity (Wildman–Crippen MR) is 71.0 cm³/mol. The van der Waals surface area contributed by atoms with Crippen molar-refractivity contribution in [1.29, 1.82) is 0 Å². The molecule has 0 aliphatic carbocycles. The number of guanidine groups is 1. The lowest BCUT2D eigenvalue weighted by molar-refractivity contribution is 0.938. The van der Waals surface area contributed by atoms with E-state index in [1.807, 2.05) is 24.3 Å². The number of hydrazine groups is 1. The first kappa shape index (κ1) is 9.96. The second-order valence-corrected chi connectivity index (χ2v) is 3.93. The molecular formula is C13H14N4. The third-order valence-corrected chi connectivity index (χ3v) is 2.78. The Morgan fingerprint density at radius 1 is 1.00 bits per heavy atom. The summed E-state index contributed by atoms with van der Waals surface area (Å²) in [6.07, 6.45) is 0. The Morgan fingerprint density at radius 3 is 2.76 bits per heavy atom. The summed E-state index contributed by atoms with van der Waals surface area (Å²) in [5.74, 6) is 0.804. The minimum Gasteiger partial charge on any atom is -0.353 e. The molecule has 0 atom stereocenters. The maximum atomic E-state index is 4.26. The summed E-state index contributed by atoms with van der Waals surface area (Å²) in [5, 5.41) is 5.57. The van der Waals surface area contributed by atoms with Crippen LogP contribution in [0, 0.1) is 0 Å². The van der Waals surface area contributed by atoms with Crippen LogP contribution < -0.4 is 16.2 Å². The fraction of sp³-hybridized carbons (Fsp3) is 0.154. The molecule has 0 spiro atoms. The first-order chi connectivity index (χ1) is 8.43. The van der Waals surface area contributed by atoms with Crippen LogP contribution in [0.2, 0.25) is 0 Å². The van der Waals surface area contributed by atoms with Crippen molar-refractivity contribution in [2.45, 2.75) is 0 Å². The van der Waals surface area contributed by atoms with Gasteiger partial charge in [0, 0.05) is 11.9 Å². The van der Waals surface area contributed by atoms with Crippen molar-refractivity contribution in [3.05, 3.63) is 42.5 Å². The highest BCUT2D eigenvalue weighted by Gasteiger charge is 2.04. The molecule has 0 unspecified atom stereocenters. The summed E-state index contributed by atoms with van der Waals surface area (Å²) in [7, 11) is 0. The Bertz CT molecular complexity index is 557. The van der Waals surface area contributed by atoms with Crippen molar-refractivity contribution in [1.82, 2.24) is 10.7 Å². The van der Waals surface area contributed by atoms with Crippen LogP contribution in [0.15, 0.2) is 47.5 Å². The molecule has 0 saturated carbocycles. The van der Waals surface area contributed by atoms with E-state index in [0.29, 0.717) is 0 Å². The summed E-state index contributed by atoms with van der Waals surface area (Å²) in [4.78, 5) is 4.26. The van der Waals surface area contributed by atoms with E-state index in [-0.39, 0.29) is 0 Å². The lowest BCUT2D eigenvalue weighted by Crippen LogP contribution is -2.37. The van der Waals surface area contributed by atoms with Crippen molar-refractivity contribution < 1.29 is 0 Å². The molecule has 1 aliphatic rings. The Morgan fingerprint density at radius 2 is 1.88 bits per heavy atom. The lowest BCUT2D eigenvalue weighted by atomic mass is 10.1. The molecule has 0 saturated heterocycles. The zero-order chi connectivity index (χ0) is 11.5. The van der Waals surface area contributed by atoms with Crippen molar-refractivity contribution in [2.75, 3.05) is 18.5 Å². The van der Waals surface area contributed by atoms with E-state index in [1.165, 1.54) is 10.8 Å². The Hall–Kier alpha value is -2.23. The highest BCUT2D eigenvalue weighted by molar-refractivity contribution is 5.94. The van der Waals surface area contributed by atoms with Crippen molar-refractivity contribution in [3.8, 4) is 0 Å². The van der Waals surface area contributed by atoms with E-state index in [2.05, 4.69) is 39.4 Å². The molecule has 4 nitrogen and oxygen atoms in total. The number of fused-ring (bicyclic) bond motifs is 1. The summed E-state index contributed by atoms with van der Waals surface area (Å²) in [5.41, 5.74) is 7.32. The van der Waals surface area contributed by atoms with Crippen LogP contribution in [-0.4, -0.2) is 19.0 Å². The molecule has 86 valence electrons. The van der Waals surface area contributed by atoms with Gasteiger partial charge in [0.2, 0.25) is 5.96 Å². The highest BCUT2D eigenvalue weighted by Crippen LogP contribution is 2.21. The molecule has 3 rings (SSSR count). The van der Waals surface area contributed by atoms with Gasteiger partial charge in [-0.3, -0.25) is 15.8 Å². The molecule has 0 amide bonds. The molecule has 0 aromatic heterocycles. The normalized spacial score (nSPS) is 14.2. The molecule has 0 fully saturated rings. The second-order valence-electron chi connectivity index (χ2n) is 3.93. The molecule has 1 heterocycles. The van der Waals surface area contributed by atoms with Gasteiger partial charge >= 0.3 is 0 Å². The Kier molecular flexibility index (Phi) is 2.54. The minimum atomic E-state index is 0.804. The van der Waals surface area contributed by atoms with Gasteiger partial charge in [0.25, 0.3) is 0 Å². The zero-order valence-electron chi connectivity index (χ0n) is 9.40. The van der Waals surface area contributed by atoms with Gasteiger partial charge in [0.05, 0.1) is 12.2 Å². The number of anilines is 1. The molecule has 1 aliphatic heterocycles. The van der Waals surface area contributed by atoms with E-state index in [0.717, 1.165) is 24.7 Å². The van der Waals surface area contributed by atoms with E-state index in [1.54, 1.807) is 0 Å². The fourth-order valence-corrected chi connectivity index (χ4v) is 1.94. The van der Waals surface area contributed by atoms with Crippen LogP contribution in [0.1, 0.15) is 0 Å². The van der Waals surface area contributed by atoms with Crippen LogP contribution in [0.4, 0.5) is 5.69 Å². The predicted octanol–water partition coefficient (Wildman–Crippen LogP) is 1.72. The summed E-state index contributed by atoms with van der Waals surface area (Å²) < 4.78 is 0. The number of hydrogen-bond donors (Lipinski definition) is 3. The Balaban J connectivity index is 1.84. The van der Waals surface area contributed by atoms with Gasteiger partial charge in [-0.2, -0.15) is 0 Å². The summed E-state index contributed by atoms with van der Waals surface area (Å²) >= 11 is 0. The largest absolute Gasteiger partial charge is 0.353 e. The molecular weight excluding hydrogens is 212 g/mol. The van der Waals surface area contributed by atoms with E-state index < -0.39 is 0 Å². The number of nitrogens with one attached hydrogen (secondary N) is 3. The second kappa shape index (κ2) is 4.33. The highest BCUT2D eigenvalue weighted by atomic mass is 15.4. The maximum absolute atomic E-state index is 4.26. The van der Waals surface area contributed by atoms with Crippen molar-refractivity contribution in [3.63, 3.8) is 0 Å². The summed E-state index contributed by atoms with van der Waals surface area (Å²) in [6.45, 7) is 1.74. The zero-order valence-corrected chi connectivity index (χ0v) is 9.40. The molecule has 17 heavy (non-hydrogen) atoms. The van der Waals surface area contributed by atoms with Gasteiger partial charge in [-0.15, -0.1) is 0 Å². The van der Waals surface area contributed by atoms with Crippen molar-refractivity contribution >= 4 is 22.4 Å². The fourth-order valence-electron chi connectivity index (χ4n) is 1.94. The molecule has 4 heteroatoms. The number of nitrogens with zero attached hydrogens (tertiary/aromatic N) is 1. The molecule has 0 radical (unpaired) electrons. The van der Waals surface area contributed by atoms with Gasteiger partial charge < -0.3 is 5.32 Å². The first-order valence-corrected chi connectivity index (χ1v) is 5.71. The van der Waals surface area contributed by atoms with Crippen LogP contribution in [0.25, 0.3) is 10.8 Å². The molecule has 2 aromatic rings. The van der Waals surface area contributed by atoms with Gasteiger partial charge in [0.1, 0.15) is 0 Å². The van der Waals surface area contributed by atoms with Crippen LogP contribution in [-0.2, 0) is 0 Å². The number of benzene rings is 2. The maximum Gasteiger partial charge on any atom is 0.210 e. The van der Waals surface area contributed by atoms with Crippen LogP contribution in [0.5, 0.6) is 0 Å². The third kappa shape index (κ3) is 2.01. The molecule has 0 bridgehead atoms. The lowest BCUT2D eigenvalue weighted by Gasteiger charge is -2.11. The van der Waals surface area contributed by atoms with Gasteiger partial charge in [-0.05, 0) is 11.5 Å². The smallest absolute Gasteiger partial charge is 0.210 e. The monoisotopic (exact) mass is 226 g/mol. The number of hydrogen-bond acceptors (Lipinski definition) is 4. The van der Waals surface area contributed by atoms with E-state index in [9.17, 15) is 0 Å².